The summed E-state index contributed by atoms with van der Waals surface area (Å²) in [5, 5.41) is 4.66. The lowest BCUT2D eigenvalue weighted by Gasteiger charge is -2.15. The number of carbonyl (C=O) groups is 1. The van der Waals surface area contributed by atoms with Gasteiger partial charge in [-0.05, 0) is 36.4 Å². The molecule has 0 radical (unpaired) electrons. The molecule has 0 bridgehead atoms. The SMILES string of the molecule is CC(=O)Nc1ccc(S(=O)(=O)Nc2ccccc2NCC(F)(F)F)cc1. The zero-order chi connectivity index (χ0) is 19.4. The Morgan fingerprint density at radius 3 is 2.12 bits per heavy atom. The van der Waals surface area contributed by atoms with Gasteiger partial charge in [0.15, 0.2) is 0 Å². The van der Waals surface area contributed by atoms with Crippen molar-refractivity contribution in [3.05, 3.63) is 48.5 Å². The number of benzene rings is 2. The van der Waals surface area contributed by atoms with E-state index in [1.54, 1.807) is 0 Å². The highest BCUT2D eigenvalue weighted by Gasteiger charge is 2.27. The van der Waals surface area contributed by atoms with Gasteiger partial charge in [0.25, 0.3) is 10.0 Å². The molecule has 0 fully saturated rings. The third kappa shape index (κ3) is 5.66. The number of para-hydroxylation sites is 2. The van der Waals surface area contributed by atoms with Gasteiger partial charge in [0, 0.05) is 12.6 Å². The summed E-state index contributed by atoms with van der Waals surface area (Å²) in [7, 11) is -4.02. The minimum Gasteiger partial charge on any atom is -0.375 e. The van der Waals surface area contributed by atoms with Crippen LogP contribution in [0.25, 0.3) is 0 Å². The predicted molar refractivity (Wildman–Crippen MR) is 92.5 cm³/mol. The van der Waals surface area contributed by atoms with E-state index in [0.717, 1.165) is 0 Å². The molecule has 10 heteroatoms. The molecule has 0 aromatic heterocycles. The Morgan fingerprint density at radius 2 is 1.58 bits per heavy atom. The minimum absolute atomic E-state index is 0.00302. The lowest BCUT2D eigenvalue weighted by atomic mass is 10.3. The molecule has 0 heterocycles. The lowest BCUT2D eigenvalue weighted by molar-refractivity contribution is -0.115. The highest BCUT2D eigenvalue weighted by Crippen LogP contribution is 2.26. The molecule has 2 rings (SSSR count). The minimum atomic E-state index is -4.44. The number of alkyl halides is 3. The van der Waals surface area contributed by atoms with Crippen molar-refractivity contribution in [3.8, 4) is 0 Å². The molecule has 1 amide bonds. The van der Waals surface area contributed by atoms with Gasteiger partial charge in [-0.15, -0.1) is 0 Å². The molecule has 0 atom stereocenters. The zero-order valence-electron chi connectivity index (χ0n) is 13.6. The molecule has 0 aliphatic carbocycles. The fraction of sp³-hybridized carbons (Fsp3) is 0.188. The topological polar surface area (TPSA) is 87.3 Å². The van der Waals surface area contributed by atoms with Gasteiger partial charge in [0.2, 0.25) is 5.91 Å². The first-order valence-electron chi connectivity index (χ1n) is 7.37. The van der Waals surface area contributed by atoms with Gasteiger partial charge in [-0.25, -0.2) is 8.42 Å². The zero-order valence-corrected chi connectivity index (χ0v) is 14.4. The molecule has 26 heavy (non-hydrogen) atoms. The highest BCUT2D eigenvalue weighted by atomic mass is 32.2. The Labute approximate surface area is 148 Å². The van der Waals surface area contributed by atoms with E-state index >= 15 is 0 Å². The average Bonchev–Trinajstić information content (AvgIpc) is 2.53. The Hall–Kier alpha value is -2.75. The fourth-order valence-corrected chi connectivity index (χ4v) is 3.13. The van der Waals surface area contributed by atoms with Crippen molar-refractivity contribution in [2.75, 3.05) is 21.9 Å². The highest BCUT2D eigenvalue weighted by molar-refractivity contribution is 7.92. The van der Waals surface area contributed by atoms with E-state index in [4.69, 9.17) is 0 Å². The summed E-state index contributed by atoms with van der Waals surface area (Å²) in [6.07, 6.45) is -4.44. The molecule has 0 spiro atoms. The fourth-order valence-electron chi connectivity index (χ4n) is 2.05. The Morgan fingerprint density at radius 1 is 1.00 bits per heavy atom. The second-order valence-electron chi connectivity index (χ2n) is 5.33. The summed E-state index contributed by atoms with van der Waals surface area (Å²) in [6, 6.07) is 11.0. The van der Waals surface area contributed by atoms with E-state index in [0.29, 0.717) is 5.69 Å². The van der Waals surface area contributed by atoms with Gasteiger partial charge in [-0.3, -0.25) is 9.52 Å². The van der Waals surface area contributed by atoms with Gasteiger partial charge in [-0.1, -0.05) is 12.1 Å². The normalized spacial score (nSPS) is 11.7. The van der Waals surface area contributed by atoms with E-state index in [1.807, 2.05) is 0 Å². The molecular formula is C16H16F3N3O3S. The summed E-state index contributed by atoms with van der Waals surface area (Å²) in [4.78, 5) is 10.9. The van der Waals surface area contributed by atoms with E-state index in [2.05, 4.69) is 15.4 Å². The van der Waals surface area contributed by atoms with E-state index in [-0.39, 0.29) is 22.2 Å². The van der Waals surface area contributed by atoms with Crippen molar-refractivity contribution in [2.24, 2.45) is 0 Å². The number of sulfonamides is 1. The third-order valence-electron chi connectivity index (χ3n) is 3.14. The number of hydrogen-bond donors (Lipinski definition) is 3. The van der Waals surface area contributed by atoms with Crippen LogP contribution in [0, 0.1) is 0 Å². The van der Waals surface area contributed by atoms with Gasteiger partial charge in [-0.2, -0.15) is 13.2 Å². The van der Waals surface area contributed by atoms with Crippen molar-refractivity contribution in [1.29, 1.82) is 0 Å². The maximum absolute atomic E-state index is 12.4. The monoisotopic (exact) mass is 387 g/mol. The van der Waals surface area contributed by atoms with Crippen LogP contribution in [0.4, 0.5) is 30.2 Å². The van der Waals surface area contributed by atoms with Crippen LogP contribution >= 0.6 is 0 Å². The number of halogens is 3. The first kappa shape index (κ1) is 19.6. The molecular weight excluding hydrogens is 371 g/mol. The van der Waals surface area contributed by atoms with E-state index in [1.165, 1.54) is 55.5 Å². The number of anilines is 3. The average molecular weight is 387 g/mol. The van der Waals surface area contributed by atoms with Crippen molar-refractivity contribution in [3.63, 3.8) is 0 Å². The summed E-state index contributed by atoms with van der Waals surface area (Å²) in [5.74, 6) is -0.302. The summed E-state index contributed by atoms with van der Waals surface area (Å²) < 4.78 is 64.3. The van der Waals surface area contributed by atoms with Crippen molar-refractivity contribution in [2.45, 2.75) is 18.0 Å². The molecule has 0 saturated heterocycles. The van der Waals surface area contributed by atoms with Crippen molar-refractivity contribution in [1.82, 2.24) is 0 Å². The Balaban J connectivity index is 2.20. The maximum atomic E-state index is 12.4. The number of carbonyl (C=O) groups excluding carboxylic acids is 1. The first-order valence-corrected chi connectivity index (χ1v) is 8.85. The molecule has 3 N–H and O–H groups in total. The van der Waals surface area contributed by atoms with Gasteiger partial charge < -0.3 is 10.6 Å². The number of nitrogens with one attached hydrogen (secondary N) is 3. The second kappa shape index (κ2) is 7.65. The molecule has 6 nitrogen and oxygen atoms in total. The van der Waals surface area contributed by atoms with Crippen LogP contribution in [0.2, 0.25) is 0 Å². The molecule has 140 valence electrons. The third-order valence-corrected chi connectivity index (χ3v) is 4.52. The molecule has 0 unspecified atom stereocenters. The van der Waals surface area contributed by atoms with Crippen molar-refractivity contribution < 1.29 is 26.4 Å². The quantitative estimate of drug-likeness (QED) is 0.709. The van der Waals surface area contributed by atoms with Crippen LogP contribution in [0.5, 0.6) is 0 Å². The van der Waals surface area contributed by atoms with E-state index < -0.39 is 22.7 Å². The maximum Gasteiger partial charge on any atom is 0.405 e. The summed E-state index contributed by atoms with van der Waals surface area (Å²) in [5.41, 5.74) is 0.412. The number of rotatable bonds is 6. The molecule has 2 aromatic carbocycles. The van der Waals surface area contributed by atoms with Crippen LogP contribution in [0.3, 0.4) is 0 Å². The standard InChI is InChI=1S/C16H16F3N3O3S/c1-11(23)21-12-6-8-13(9-7-12)26(24,25)22-15-5-3-2-4-14(15)20-10-16(17,18)19/h2-9,20,22H,10H2,1H3,(H,21,23). The summed E-state index contributed by atoms with van der Waals surface area (Å²) in [6.45, 7) is 0.0221. The van der Waals surface area contributed by atoms with Crippen LogP contribution < -0.4 is 15.4 Å². The van der Waals surface area contributed by atoms with Crippen LogP contribution in [-0.4, -0.2) is 27.0 Å². The van der Waals surface area contributed by atoms with Crippen LogP contribution in [-0.2, 0) is 14.8 Å². The van der Waals surface area contributed by atoms with E-state index in [9.17, 15) is 26.4 Å². The Bertz CT molecular complexity index is 882. The molecule has 0 saturated carbocycles. The molecule has 0 aliphatic rings. The number of hydrogen-bond acceptors (Lipinski definition) is 4. The Kier molecular flexibility index (Phi) is 5.76. The van der Waals surface area contributed by atoms with Crippen LogP contribution in [0.1, 0.15) is 6.92 Å². The van der Waals surface area contributed by atoms with Gasteiger partial charge in [0.1, 0.15) is 6.54 Å². The molecule has 2 aromatic rings. The lowest BCUT2D eigenvalue weighted by Crippen LogP contribution is -2.22. The predicted octanol–water partition coefficient (Wildman–Crippen LogP) is 3.42. The first-order chi connectivity index (χ1) is 12.1. The van der Waals surface area contributed by atoms with Gasteiger partial charge in [0.05, 0.1) is 16.3 Å². The molecule has 0 aliphatic heterocycles. The van der Waals surface area contributed by atoms with Crippen molar-refractivity contribution >= 4 is 33.0 Å². The summed E-state index contributed by atoms with van der Waals surface area (Å²) >= 11 is 0. The van der Waals surface area contributed by atoms with Gasteiger partial charge >= 0.3 is 6.18 Å². The largest absolute Gasteiger partial charge is 0.405 e. The smallest absolute Gasteiger partial charge is 0.375 e. The second-order valence-corrected chi connectivity index (χ2v) is 7.01. The number of amides is 1. The van der Waals surface area contributed by atoms with Crippen LogP contribution in [0.15, 0.2) is 53.4 Å².